The van der Waals surface area contributed by atoms with Crippen molar-refractivity contribution in [3.05, 3.63) is 51.7 Å². The molecule has 0 fully saturated rings. The summed E-state index contributed by atoms with van der Waals surface area (Å²) in [4.78, 5) is 2.82. The third kappa shape index (κ3) is 4.10. The van der Waals surface area contributed by atoms with Crippen molar-refractivity contribution in [2.75, 3.05) is 12.3 Å². The molecule has 1 nitrogen and oxygen atoms in total. The van der Waals surface area contributed by atoms with Crippen LogP contribution < -0.4 is 5.32 Å². The Hall–Kier alpha value is -0.770. The lowest BCUT2D eigenvalue weighted by Crippen LogP contribution is -2.22. The summed E-state index contributed by atoms with van der Waals surface area (Å²) >= 11 is 3.79. The molecule has 102 valence electrons. The molecule has 0 bridgehead atoms. The second kappa shape index (κ2) is 7.13. The summed E-state index contributed by atoms with van der Waals surface area (Å²) < 4.78 is 0. The Bertz CT molecular complexity index is 502. The number of thiophene rings is 1. The van der Waals surface area contributed by atoms with Gasteiger partial charge in [0.25, 0.3) is 0 Å². The first-order valence-electron chi connectivity index (χ1n) is 6.67. The minimum atomic E-state index is 0.455. The lowest BCUT2D eigenvalue weighted by atomic mass is 10.2. The molecule has 0 aliphatic heterocycles. The second-order valence-electron chi connectivity index (χ2n) is 4.70. The maximum absolute atomic E-state index is 3.60. The highest BCUT2D eigenvalue weighted by atomic mass is 32.2. The standard InChI is InChI=1S/C16H21NS2/c1-4-17-15(16-13(3)9-10-18-16)11-19-14-7-5-12(2)6-8-14/h5-10,15,17H,4,11H2,1-3H3. The monoisotopic (exact) mass is 291 g/mol. The van der Waals surface area contributed by atoms with Crippen LogP contribution in [0.3, 0.4) is 0 Å². The molecule has 1 heterocycles. The first-order chi connectivity index (χ1) is 9.20. The Balaban J connectivity index is 2.01. The fourth-order valence-electron chi connectivity index (χ4n) is 2.03. The van der Waals surface area contributed by atoms with Crippen LogP contribution in [0.5, 0.6) is 0 Å². The zero-order valence-electron chi connectivity index (χ0n) is 11.8. The van der Waals surface area contributed by atoms with Gasteiger partial charge in [0.05, 0.1) is 6.04 Å². The third-order valence-corrected chi connectivity index (χ3v) is 5.34. The zero-order chi connectivity index (χ0) is 13.7. The van der Waals surface area contributed by atoms with Crippen molar-refractivity contribution >= 4 is 23.1 Å². The van der Waals surface area contributed by atoms with Crippen LogP contribution in [0.4, 0.5) is 0 Å². The van der Waals surface area contributed by atoms with Crippen molar-refractivity contribution in [2.45, 2.75) is 31.7 Å². The lowest BCUT2D eigenvalue weighted by molar-refractivity contribution is 0.612. The fraction of sp³-hybridized carbons (Fsp3) is 0.375. The van der Waals surface area contributed by atoms with Crippen molar-refractivity contribution in [3.8, 4) is 0 Å². The molecule has 1 N–H and O–H groups in total. The average molecular weight is 291 g/mol. The maximum atomic E-state index is 3.60. The average Bonchev–Trinajstić information content (AvgIpc) is 2.83. The van der Waals surface area contributed by atoms with E-state index in [0.29, 0.717) is 6.04 Å². The Kier molecular flexibility index (Phi) is 5.49. The van der Waals surface area contributed by atoms with Gasteiger partial charge in [0.15, 0.2) is 0 Å². The van der Waals surface area contributed by atoms with E-state index >= 15 is 0 Å². The lowest BCUT2D eigenvalue weighted by Gasteiger charge is -2.17. The Morgan fingerprint density at radius 1 is 1.16 bits per heavy atom. The normalized spacial score (nSPS) is 12.6. The molecule has 1 aromatic heterocycles. The Morgan fingerprint density at radius 2 is 1.89 bits per heavy atom. The molecule has 19 heavy (non-hydrogen) atoms. The van der Waals surface area contributed by atoms with Gasteiger partial charge in [-0.3, -0.25) is 0 Å². The van der Waals surface area contributed by atoms with Crippen LogP contribution in [-0.4, -0.2) is 12.3 Å². The van der Waals surface area contributed by atoms with Crippen LogP contribution in [-0.2, 0) is 0 Å². The van der Waals surface area contributed by atoms with Gasteiger partial charge in [0.1, 0.15) is 0 Å². The quantitative estimate of drug-likeness (QED) is 0.767. The van der Waals surface area contributed by atoms with E-state index in [1.54, 1.807) is 0 Å². The molecule has 3 heteroatoms. The molecule has 0 radical (unpaired) electrons. The van der Waals surface area contributed by atoms with Gasteiger partial charge >= 0.3 is 0 Å². The Labute approximate surface area is 124 Å². The van der Waals surface area contributed by atoms with Crippen molar-refractivity contribution in [1.29, 1.82) is 0 Å². The fourth-order valence-corrected chi connectivity index (χ4v) is 4.11. The first kappa shape index (κ1) is 14.6. The molecule has 2 aromatic rings. The maximum Gasteiger partial charge on any atom is 0.0512 e. The molecule has 0 saturated carbocycles. The predicted octanol–water partition coefficient (Wildman–Crippen LogP) is 4.81. The van der Waals surface area contributed by atoms with Gasteiger partial charge in [-0.15, -0.1) is 23.1 Å². The van der Waals surface area contributed by atoms with Crippen LogP contribution in [0, 0.1) is 13.8 Å². The smallest absolute Gasteiger partial charge is 0.0512 e. The second-order valence-corrected chi connectivity index (χ2v) is 6.74. The van der Waals surface area contributed by atoms with E-state index < -0.39 is 0 Å². The molecule has 1 atom stereocenters. The number of aryl methyl sites for hydroxylation is 2. The molecule has 0 saturated heterocycles. The molecular weight excluding hydrogens is 270 g/mol. The Morgan fingerprint density at radius 3 is 2.47 bits per heavy atom. The van der Waals surface area contributed by atoms with Crippen LogP contribution >= 0.6 is 23.1 Å². The van der Waals surface area contributed by atoms with Gasteiger partial charge in [-0.25, -0.2) is 0 Å². The molecule has 1 unspecified atom stereocenters. The predicted molar refractivity (Wildman–Crippen MR) is 87.4 cm³/mol. The van der Waals surface area contributed by atoms with Crippen LogP contribution in [0.15, 0.2) is 40.6 Å². The number of hydrogen-bond acceptors (Lipinski definition) is 3. The number of rotatable bonds is 6. The van der Waals surface area contributed by atoms with Gasteiger partial charge < -0.3 is 5.32 Å². The SMILES string of the molecule is CCNC(CSc1ccc(C)cc1)c1sccc1C. The van der Waals surface area contributed by atoms with Crippen LogP contribution in [0.2, 0.25) is 0 Å². The van der Waals surface area contributed by atoms with E-state index in [1.165, 1.54) is 20.9 Å². The van der Waals surface area contributed by atoms with Crippen molar-refractivity contribution in [2.24, 2.45) is 0 Å². The number of benzene rings is 1. The topological polar surface area (TPSA) is 12.0 Å². The minimum Gasteiger partial charge on any atom is -0.309 e. The highest BCUT2D eigenvalue weighted by Gasteiger charge is 2.14. The minimum absolute atomic E-state index is 0.455. The van der Waals surface area contributed by atoms with E-state index in [4.69, 9.17) is 0 Å². The summed E-state index contributed by atoms with van der Waals surface area (Å²) in [6, 6.07) is 11.5. The molecular formula is C16H21NS2. The van der Waals surface area contributed by atoms with Gasteiger partial charge in [-0.05, 0) is 49.5 Å². The van der Waals surface area contributed by atoms with Crippen molar-refractivity contribution in [1.82, 2.24) is 5.32 Å². The molecule has 0 amide bonds. The molecule has 2 rings (SSSR count). The first-order valence-corrected chi connectivity index (χ1v) is 8.54. The van der Waals surface area contributed by atoms with E-state index in [0.717, 1.165) is 12.3 Å². The molecule has 0 spiro atoms. The summed E-state index contributed by atoms with van der Waals surface area (Å²) in [6.45, 7) is 7.51. The number of nitrogens with one attached hydrogen (secondary N) is 1. The summed E-state index contributed by atoms with van der Waals surface area (Å²) in [6.07, 6.45) is 0. The zero-order valence-corrected chi connectivity index (χ0v) is 13.4. The molecule has 1 aromatic carbocycles. The molecule has 0 aliphatic rings. The van der Waals surface area contributed by atoms with E-state index in [1.807, 2.05) is 23.1 Å². The third-order valence-electron chi connectivity index (χ3n) is 3.11. The largest absolute Gasteiger partial charge is 0.309 e. The van der Waals surface area contributed by atoms with Gasteiger partial charge in [-0.1, -0.05) is 24.6 Å². The molecule has 0 aliphatic carbocycles. The van der Waals surface area contributed by atoms with Crippen LogP contribution in [0.1, 0.15) is 29.0 Å². The number of thioether (sulfide) groups is 1. The summed E-state index contributed by atoms with van der Waals surface area (Å²) in [5.74, 6) is 1.08. The van der Waals surface area contributed by atoms with Gasteiger partial charge in [-0.2, -0.15) is 0 Å². The van der Waals surface area contributed by atoms with Crippen LogP contribution in [0.25, 0.3) is 0 Å². The highest BCUT2D eigenvalue weighted by molar-refractivity contribution is 7.99. The summed E-state index contributed by atoms with van der Waals surface area (Å²) in [5, 5.41) is 5.78. The van der Waals surface area contributed by atoms with E-state index in [-0.39, 0.29) is 0 Å². The van der Waals surface area contributed by atoms with Crippen molar-refractivity contribution < 1.29 is 0 Å². The summed E-state index contributed by atoms with van der Waals surface area (Å²) in [5.41, 5.74) is 2.72. The van der Waals surface area contributed by atoms with E-state index in [9.17, 15) is 0 Å². The van der Waals surface area contributed by atoms with Gasteiger partial charge in [0.2, 0.25) is 0 Å². The van der Waals surface area contributed by atoms with Crippen molar-refractivity contribution in [3.63, 3.8) is 0 Å². The number of hydrogen-bond donors (Lipinski definition) is 1. The van der Waals surface area contributed by atoms with E-state index in [2.05, 4.69) is 61.8 Å². The highest BCUT2D eigenvalue weighted by Crippen LogP contribution is 2.29. The summed E-state index contributed by atoms with van der Waals surface area (Å²) in [7, 11) is 0. The van der Waals surface area contributed by atoms with Gasteiger partial charge in [0, 0.05) is 15.5 Å².